The van der Waals surface area contributed by atoms with Gasteiger partial charge in [0.1, 0.15) is 5.75 Å². The number of carbonyl (C=O) groups is 1. The van der Waals surface area contributed by atoms with Gasteiger partial charge < -0.3 is 19.7 Å². The molecule has 2 fully saturated rings. The minimum Gasteiger partial charge on any atom is -0.497 e. The van der Waals surface area contributed by atoms with E-state index in [1.54, 1.807) is 7.11 Å². The fraction of sp³-hybridized carbons (Fsp3) is 0.632. The molecule has 2 heterocycles. The van der Waals surface area contributed by atoms with E-state index in [1.165, 1.54) is 0 Å². The molecule has 24 heavy (non-hydrogen) atoms. The Morgan fingerprint density at radius 2 is 2.29 bits per heavy atom. The zero-order valence-corrected chi connectivity index (χ0v) is 14.5. The average Bonchev–Trinajstić information content (AvgIpc) is 3.14. The van der Waals surface area contributed by atoms with Crippen molar-refractivity contribution in [3.8, 4) is 5.75 Å². The summed E-state index contributed by atoms with van der Waals surface area (Å²) in [4.78, 5) is 14.5. The van der Waals surface area contributed by atoms with E-state index in [9.17, 15) is 4.79 Å². The van der Waals surface area contributed by atoms with Crippen molar-refractivity contribution < 1.29 is 14.3 Å². The molecule has 3 rings (SSSR count). The van der Waals surface area contributed by atoms with Crippen molar-refractivity contribution in [2.45, 2.75) is 50.7 Å². The molecule has 1 amide bonds. The second-order valence-corrected chi connectivity index (χ2v) is 6.73. The zero-order chi connectivity index (χ0) is 16.8. The van der Waals surface area contributed by atoms with E-state index in [2.05, 4.69) is 22.3 Å². The van der Waals surface area contributed by atoms with Gasteiger partial charge in [-0.2, -0.15) is 0 Å². The molecule has 1 N–H and O–H groups in total. The van der Waals surface area contributed by atoms with Crippen LogP contribution in [0.2, 0.25) is 0 Å². The maximum Gasteiger partial charge on any atom is 0.220 e. The van der Waals surface area contributed by atoms with Crippen LogP contribution in [0.5, 0.6) is 5.75 Å². The van der Waals surface area contributed by atoms with Gasteiger partial charge in [-0.1, -0.05) is 6.07 Å². The second-order valence-electron chi connectivity index (χ2n) is 6.73. The molecule has 5 heteroatoms. The maximum absolute atomic E-state index is 12.2. The number of ether oxygens (including phenoxy) is 2. The average molecular weight is 332 g/mol. The fourth-order valence-corrected chi connectivity index (χ4v) is 3.60. The van der Waals surface area contributed by atoms with Gasteiger partial charge in [-0.3, -0.25) is 4.79 Å². The Morgan fingerprint density at radius 3 is 3.08 bits per heavy atom. The van der Waals surface area contributed by atoms with Crippen LogP contribution in [0, 0.1) is 0 Å². The maximum atomic E-state index is 12.2. The van der Waals surface area contributed by atoms with E-state index in [1.807, 2.05) is 12.1 Å². The van der Waals surface area contributed by atoms with E-state index in [4.69, 9.17) is 9.47 Å². The third-order valence-electron chi connectivity index (χ3n) is 4.92. The number of amides is 1. The van der Waals surface area contributed by atoms with Gasteiger partial charge in [-0.15, -0.1) is 0 Å². The van der Waals surface area contributed by atoms with Crippen LogP contribution in [0.15, 0.2) is 24.3 Å². The lowest BCUT2D eigenvalue weighted by Gasteiger charge is -2.35. The predicted octanol–water partition coefficient (Wildman–Crippen LogP) is 2.74. The summed E-state index contributed by atoms with van der Waals surface area (Å²) in [5.41, 5.74) is 1.16. The number of hydrogen-bond donors (Lipinski definition) is 1. The minimum atomic E-state index is 0.156. The van der Waals surface area contributed by atoms with Gasteiger partial charge in [0.25, 0.3) is 0 Å². The van der Waals surface area contributed by atoms with Gasteiger partial charge >= 0.3 is 0 Å². The normalized spacial score (nSPS) is 24.0. The SMILES string of the molecule is COc1cccc(N2CCCC(NC(=O)CCC3CCCO3)C2)c1. The van der Waals surface area contributed by atoms with Crippen LogP contribution < -0.4 is 15.0 Å². The van der Waals surface area contributed by atoms with Gasteiger partial charge in [-0.05, 0) is 44.2 Å². The highest BCUT2D eigenvalue weighted by atomic mass is 16.5. The molecule has 0 bridgehead atoms. The standard InChI is InChI=1S/C19H28N2O3/c1-23-18-7-2-6-16(13-18)21-11-3-5-15(14-21)20-19(22)10-9-17-8-4-12-24-17/h2,6-7,13,15,17H,3-5,8-12,14H2,1H3,(H,20,22). The number of hydrogen-bond acceptors (Lipinski definition) is 4. The van der Waals surface area contributed by atoms with Crippen LogP contribution in [0.1, 0.15) is 38.5 Å². The Bertz CT molecular complexity index is 543. The number of anilines is 1. The largest absolute Gasteiger partial charge is 0.497 e. The second kappa shape index (κ2) is 8.38. The molecular weight excluding hydrogens is 304 g/mol. The van der Waals surface area contributed by atoms with Crippen molar-refractivity contribution in [1.82, 2.24) is 5.32 Å². The number of nitrogens with zero attached hydrogens (tertiary/aromatic N) is 1. The fourth-order valence-electron chi connectivity index (χ4n) is 3.60. The third-order valence-corrected chi connectivity index (χ3v) is 4.92. The van der Waals surface area contributed by atoms with Gasteiger partial charge in [0.2, 0.25) is 5.91 Å². The molecule has 1 aromatic rings. The molecule has 2 unspecified atom stereocenters. The first kappa shape index (κ1) is 17.1. The number of rotatable bonds is 6. The summed E-state index contributed by atoms with van der Waals surface area (Å²) >= 11 is 0. The highest BCUT2D eigenvalue weighted by molar-refractivity contribution is 5.76. The summed E-state index contributed by atoms with van der Waals surface area (Å²) in [6.45, 7) is 2.73. The van der Waals surface area contributed by atoms with Gasteiger partial charge in [-0.25, -0.2) is 0 Å². The first-order chi connectivity index (χ1) is 11.7. The summed E-state index contributed by atoms with van der Waals surface area (Å²) in [7, 11) is 1.69. The molecule has 0 aromatic heterocycles. The summed E-state index contributed by atoms with van der Waals surface area (Å²) in [5, 5.41) is 3.20. The number of nitrogens with one attached hydrogen (secondary N) is 1. The number of piperidine rings is 1. The molecular formula is C19H28N2O3. The van der Waals surface area contributed by atoms with E-state index in [0.29, 0.717) is 6.42 Å². The lowest BCUT2D eigenvalue weighted by Crippen LogP contribution is -2.47. The number of methoxy groups -OCH3 is 1. The Hall–Kier alpha value is -1.75. The van der Waals surface area contributed by atoms with Gasteiger partial charge in [0, 0.05) is 43.9 Å². The van der Waals surface area contributed by atoms with Gasteiger partial charge in [0.05, 0.1) is 13.2 Å². The van der Waals surface area contributed by atoms with Crippen molar-refractivity contribution in [3.63, 3.8) is 0 Å². The lowest BCUT2D eigenvalue weighted by atomic mass is 10.0. The molecule has 1 aromatic carbocycles. The quantitative estimate of drug-likeness (QED) is 0.870. The highest BCUT2D eigenvalue weighted by Gasteiger charge is 2.23. The van der Waals surface area contributed by atoms with Crippen molar-refractivity contribution >= 4 is 11.6 Å². The third kappa shape index (κ3) is 4.63. The van der Waals surface area contributed by atoms with Crippen LogP contribution in [-0.2, 0) is 9.53 Å². The Morgan fingerprint density at radius 1 is 1.38 bits per heavy atom. The van der Waals surface area contributed by atoms with E-state index in [-0.39, 0.29) is 18.1 Å². The van der Waals surface area contributed by atoms with Crippen LogP contribution in [0.25, 0.3) is 0 Å². The molecule has 132 valence electrons. The molecule has 2 atom stereocenters. The first-order valence-corrected chi connectivity index (χ1v) is 9.04. The molecule has 0 spiro atoms. The van der Waals surface area contributed by atoms with Crippen molar-refractivity contribution in [3.05, 3.63) is 24.3 Å². The molecule has 5 nitrogen and oxygen atoms in total. The monoisotopic (exact) mass is 332 g/mol. The Labute approximate surface area is 144 Å². The smallest absolute Gasteiger partial charge is 0.220 e. The van der Waals surface area contributed by atoms with E-state index in [0.717, 1.165) is 63.2 Å². The molecule has 0 saturated carbocycles. The predicted molar refractivity (Wildman–Crippen MR) is 94.6 cm³/mol. The van der Waals surface area contributed by atoms with Crippen LogP contribution in [-0.4, -0.2) is 44.9 Å². The summed E-state index contributed by atoms with van der Waals surface area (Å²) in [6.07, 6.45) is 6.07. The highest BCUT2D eigenvalue weighted by Crippen LogP contribution is 2.24. The van der Waals surface area contributed by atoms with Crippen LogP contribution in [0.3, 0.4) is 0 Å². The topological polar surface area (TPSA) is 50.8 Å². The van der Waals surface area contributed by atoms with Crippen molar-refractivity contribution in [2.75, 3.05) is 31.7 Å². The Balaban J connectivity index is 1.48. The summed E-state index contributed by atoms with van der Waals surface area (Å²) in [5.74, 6) is 1.03. The molecule has 0 radical (unpaired) electrons. The molecule has 2 saturated heterocycles. The van der Waals surface area contributed by atoms with Crippen molar-refractivity contribution in [2.24, 2.45) is 0 Å². The molecule has 0 aliphatic carbocycles. The first-order valence-electron chi connectivity index (χ1n) is 9.04. The molecule has 2 aliphatic rings. The molecule has 2 aliphatic heterocycles. The van der Waals surface area contributed by atoms with E-state index < -0.39 is 0 Å². The van der Waals surface area contributed by atoms with Crippen LogP contribution >= 0.6 is 0 Å². The van der Waals surface area contributed by atoms with E-state index >= 15 is 0 Å². The van der Waals surface area contributed by atoms with Gasteiger partial charge in [0.15, 0.2) is 0 Å². The number of benzene rings is 1. The minimum absolute atomic E-state index is 0.156. The van der Waals surface area contributed by atoms with Crippen LogP contribution in [0.4, 0.5) is 5.69 Å². The summed E-state index contributed by atoms with van der Waals surface area (Å²) < 4.78 is 10.9. The number of carbonyl (C=O) groups excluding carboxylic acids is 1. The summed E-state index contributed by atoms with van der Waals surface area (Å²) in [6, 6.07) is 8.35. The zero-order valence-electron chi connectivity index (χ0n) is 14.5. The lowest BCUT2D eigenvalue weighted by molar-refractivity contribution is -0.122. The Kier molecular flexibility index (Phi) is 5.96. The van der Waals surface area contributed by atoms with Crippen molar-refractivity contribution in [1.29, 1.82) is 0 Å².